The summed E-state index contributed by atoms with van der Waals surface area (Å²) in [6.07, 6.45) is 2.80. The van der Waals surface area contributed by atoms with E-state index in [0.29, 0.717) is 19.0 Å². The summed E-state index contributed by atoms with van der Waals surface area (Å²) < 4.78 is 5.21. The van der Waals surface area contributed by atoms with E-state index in [4.69, 9.17) is 10.5 Å². The highest BCUT2D eigenvalue weighted by Gasteiger charge is 2.41. The molecule has 4 nitrogen and oxygen atoms in total. The van der Waals surface area contributed by atoms with Gasteiger partial charge in [0.2, 0.25) is 0 Å². The Morgan fingerprint density at radius 2 is 2.16 bits per heavy atom. The van der Waals surface area contributed by atoms with Crippen LogP contribution in [0.5, 0.6) is 5.75 Å². The van der Waals surface area contributed by atoms with Crippen molar-refractivity contribution in [2.24, 2.45) is 10.7 Å². The van der Waals surface area contributed by atoms with Crippen LogP contribution in [0.15, 0.2) is 41.9 Å². The molecule has 1 aliphatic heterocycles. The van der Waals surface area contributed by atoms with E-state index in [1.165, 1.54) is 5.56 Å². The Balaban J connectivity index is 2.38. The van der Waals surface area contributed by atoms with Gasteiger partial charge in [0, 0.05) is 6.54 Å². The molecule has 19 heavy (non-hydrogen) atoms. The molecule has 0 saturated carbocycles. The van der Waals surface area contributed by atoms with E-state index in [1.807, 2.05) is 18.2 Å². The largest absolute Gasteiger partial charge is 0.497 e. The molecule has 1 aromatic rings. The second kappa shape index (κ2) is 5.34. The first-order chi connectivity index (χ1) is 9.17. The number of hydrogen-bond donors (Lipinski definition) is 1. The van der Waals surface area contributed by atoms with Crippen molar-refractivity contribution in [2.45, 2.75) is 18.9 Å². The molecule has 4 heteroatoms. The molecule has 0 spiro atoms. The van der Waals surface area contributed by atoms with Gasteiger partial charge in [-0.25, -0.2) is 0 Å². The summed E-state index contributed by atoms with van der Waals surface area (Å²) in [7, 11) is 1.67. The van der Waals surface area contributed by atoms with Crippen LogP contribution in [0.25, 0.3) is 0 Å². The van der Waals surface area contributed by atoms with E-state index in [1.54, 1.807) is 7.11 Å². The quantitative estimate of drug-likeness (QED) is 0.824. The molecule has 0 saturated heterocycles. The lowest BCUT2D eigenvalue weighted by atomic mass is 9.86. The van der Waals surface area contributed by atoms with Crippen LogP contribution in [0.2, 0.25) is 0 Å². The maximum Gasteiger partial charge on any atom is 0.192 e. The molecule has 1 aliphatic rings. The summed E-state index contributed by atoms with van der Waals surface area (Å²) >= 11 is 0. The lowest BCUT2D eigenvalue weighted by Gasteiger charge is -2.38. The van der Waals surface area contributed by atoms with Crippen LogP contribution in [-0.4, -0.2) is 31.1 Å². The van der Waals surface area contributed by atoms with Crippen molar-refractivity contribution < 1.29 is 4.74 Å². The van der Waals surface area contributed by atoms with Gasteiger partial charge in [0.05, 0.1) is 19.2 Å². The molecule has 0 fully saturated rings. The minimum absolute atomic E-state index is 0.162. The fraction of sp³-hybridized carbons (Fsp3) is 0.400. The molecular weight excluding hydrogens is 238 g/mol. The zero-order chi connectivity index (χ0) is 13.9. The highest BCUT2D eigenvalue weighted by Crippen LogP contribution is 2.36. The molecule has 1 unspecified atom stereocenters. The number of methoxy groups -OCH3 is 1. The smallest absolute Gasteiger partial charge is 0.192 e. The zero-order valence-corrected chi connectivity index (χ0v) is 11.6. The standard InChI is InChI=1S/C15H21N3O/c1-4-10-18-14(16)17-11-15(18,5-2)12-6-8-13(19-3)9-7-12/h4,6-9H,1,5,10-11H2,2-3H3,(H2,16,17). The average molecular weight is 259 g/mol. The van der Waals surface area contributed by atoms with Crippen molar-refractivity contribution in [1.29, 1.82) is 0 Å². The van der Waals surface area contributed by atoms with E-state index in [0.717, 1.165) is 12.2 Å². The molecule has 2 N–H and O–H groups in total. The van der Waals surface area contributed by atoms with E-state index >= 15 is 0 Å². The third-order valence-corrected chi connectivity index (χ3v) is 3.82. The number of rotatable bonds is 5. The van der Waals surface area contributed by atoms with Crippen LogP contribution in [0.1, 0.15) is 18.9 Å². The SMILES string of the molecule is C=CCN1C(N)=NCC1(CC)c1ccc(OC)cc1. The number of hydrogen-bond acceptors (Lipinski definition) is 4. The number of guanidine groups is 1. The summed E-state index contributed by atoms with van der Waals surface area (Å²) in [6.45, 7) is 7.36. The van der Waals surface area contributed by atoms with Crippen molar-refractivity contribution in [2.75, 3.05) is 20.2 Å². The summed E-state index contributed by atoms with van der Waals surface area (Å²) in [6, 6.07) is 8.14. The fourth-order valence-corrected chi connectivity index (χ4v) is 2.65. The van der Waals surface area contributed by atoms with Gasteiger partial charge in [0.25, 0.3) is 0 Å². The van der Waals surface area contributed by atoms with Gasteiger partial charge in [-0.1, -0.05) is 25.1 Å². The van der Waals surface area contributed by atoms with E-state index in [-0.39, 0.29) is 5.54 Å². The first-order valence-corrected chi connectivity index (χ1v) is 6.51. The minimum Gasteiger partial charge on any atom is -0.497 e. The van der Waals surface area contributed by atoms with Crippen molar-refractivity contribution in [1.82, 2.24) is 4.90 Å². The van der Waals surface area contributed by atoms with E-state index < -0.39 is 0 Å². The second-order valence-electron chi connectivity index (χ2n) is 4.69. The van der Waals surface area contributed by atoms with Crippen LogP contribution in [0.3, 0.4) is 0 Å². The van der Waals surface area contributed by atoms with Gasteiger partial charge >= 0.3 is 0 Å². The Bertz CT molecular complexity index is 481. The Labute approximate surface area is 114 Å². The van der Waals surface area contributed by atoms with Crippen molar-refractivity contribution >= 4 is 5.96 Å². The number of nitrogens with zero attached hydrogens (tertiary/aromatic N) is 2. The third-order valence-electron chi connectivity index (χ3n) is 3.82. The van der Waals surface area contributed by atoms with Crippen LogP contribution in [0, 0.1) is 0 Å². The highest BCUT2D eigenvalue weighted by atomic mass is 16.5. The normalized spacial score (nSPS) is 22.2. The molecular formula is C15H21N3O. The number of aliphatic imine (C=N–C) groups is 1. The van der Waals surface area contributed by atoms with Crippen molar-refractivity contribution in [3.8, 4) is 5.75 Å². The summed E-state index contributed by atoms with van der Waals surface area (Å²) in [4.78, 5) is 6.55. The van der Waals surface area contributed by atoms with Crippen LogP contribution in [-0.2, 0) is 5.54 Å². The maximum absolute atomic E-state index is 6.01. The molecule has 102 valence electrons. The number of nitrogens with two attached hydrogens (primary N) is 1. The Morgan fingerprint density at radius 1 is 1.47 bits per heavy atom. The van der Waals surface area contributed by atoms with Gasteiger partial charge in [-0.15, -0.1) is 6.58 Å². The molecule has 0 radical (unpaired) electrons. The predicted molar refractivity (Wildman–Crippen MR) is 78.4 cm³/mol. The minimum atomic E-state index is -0.162. The van der Waals surface area contributed by atoms with Gasteiger partial charge in [-0.2, -0.15) is 0 Å². The lowest BCUT2D eigenvalue weighted by Crippen LogP contribution is -2.49. The maximum atomic E-state index is 6.01. The number of benzene rings is 1. The van der Waals surface area contributed by atoms with Crippen molar-refractivity contribution in [3.63, 3.8) is 0 Å². The first kappa shape index (κ1) is 13.5. The summed E-state index contributed by atoms with van der Waals surface area (Å²) in [5.41, 5.74) is 7.06. The molecule has 0 amide bonds. The van der Waals surface area contributed by atoms with E-state index in [2.05, 4.69) is 35.5 Å². The lowest BCUT2D eigenvalue weighted by molar-refractivity contribution is 0.210. The third kappa shape index (κ3) is 2.18. The van der Waals surface area contributed by atoms with Gasteiger partial charge in [-0.05, 0) is 24.1 Å². The average Bonchev–Trinajstić information content (AvgIpc) is 2.78. The molecule has 2 rings (SSSR count). The molecule has 1 atom stereocenters. The van der Waals surface area contributed by atoms with Gasteiger partial charge in [0.15, 0.2) is 5.96 Å². The second-order valence-corrected chi connectivity index (χ2v) is 4.69. The molecule has 0 bridgehead atoms. The van der Waals surface area contributed by atoms with Gasteiger partial charge < -0.3 is 15.4 Å². The Kier molecular flexibility index (Phi) is 3.79. The molecule has 0 aromatic heterocycles. The van der Waals surface area contributed by atoms with Crippen LogP contribution < -0.4 is 10.5 Å². The highest BCUT2D eigenvalue weighted by molar-refractivity contribution is 5.81. The Hall–Kier alpha value is -1.97. The monoisotopic (exact) mass is 259 g/mol. The van der Waals surface area contributed by atoms with E-state index in [9.17, 15) is 0 Å². The number of ether oxygens (including phenoxy) is 1. The topological polar surface area (TPSA) is 50.8 Å². The summed E-state index contributed by atoms with van der Waals surface area (Å²) in [5.74, 6) is 1.45. The molecule has 1 heterocycles. The van der Waals surface area contributed by atoms with Crippen LogP contribution >= 0.6 is 0 Å². The van der Waals surface area contributed by atoms with Crippen molar-refractivity contribution in [3.05, 3.63) is 42.5 Å². The van der Waals surface area contributed by atoms with Gasteiger partial charge in [-0.3, -0.25) is 4.99 Å². The van der Waals surface area contributed by atoms with Gasteiger partial charge in [0.1, 0.15) is 5.75 Å². The zero-order valence-electron chi connectivity index (χ0n) is 11.6. The first-order valence-electron chi connectivity index (χ1n) is 6.51. The fourth-order valence-electron chi connectivity index (χ4n) is 2.65. The van der Waals surface area contributed by atoms with Crippen LogP contribution in [0.4, 0.5) is 0 Å². The molecule has 1 aromatic carbocycles. The Morgan fingerprint density at radius 3 is 2.68 bits per heavy atom. The predicted octanol–water partition coefficient (Wildman–Crippen LogP) is 2.12. The summed E-state index contributed by atoms with van der Waals surface area (Å²) in [5, 5.41) is 0. The molecule has 0 aliphatic carbocycles.